The fourth-order valence-electron chi connectivity index (χ4n) is 3.14. The van der Waals surface area contributed by atoms with Crippen LogP contribution >= 0.6 is 0 Å². The number of hydrogen-bond acceptors (Lipinski definition) is 6. The van der Waals surface area contributed by atoms with Gasteiger partial charge in [-0.3, -0.25) is 0 Å². The number of aliphatic carboxylic acids is 2. The normalized spacial score (nSPS) is 26.4. The number of rotatable bonds is 2. The van der Waals surface area contributed by atoms with Crippen LogP contribution in [0.1, 0.15) is 25.7 Å². The van der Waals surface area contributed by atoms with Crippen LogP contribution in [0.25, 0.3) is 0 Å². The van der Waals surface area contributed by atoms with Gasteiger partial charge < -0.3 is 29.6 Å². The van der Waals surface area contributed by atoms with Crippen LogP contribution in [-0.2, 0) is 9.59 Å². The van der Waals surface area contributed by atoms with Gasteiger partial charge in [0.15, 0.2) is 0 Å². The van der Waals surface area contributed by atoms with E-state index in [-0.39, 0.29) is 59.1 Å². The van der Waals surface area contributed by atoms with Crippen LogP contribution in [0.3, 0.4) is 0 Å². The monoisotopic (exact) mass is 322 g/mol. The van der Waals surface area contributed by atoms with Gasteiger partial charge in [0.25, 0.3) is 0 Å². The fraction of sp³-hybridized carbons (Fsp3) is 0.571. The number of nitrogens with zero attached hydrogens (tertiary/aromatic N) is 2. The maximum Gasteiger partial charge on any atom is 1.00 e. The molecule has 0 aromatic rings. The molecule has 0 amide bonds. The number of carboxylic acid groups (broad SMARTS) is 2. The average Bonchev–Trinajstić information content (AvgIpc) is 2.77. The molecular formula is C14H16N2Na2O4. The Morgan fingerprint density at radius 3 is 1.36 bits per heavy atom. The van der Waals surface area contributed by atoms with Crippen molar-refractivity contribution in [3.8, 4) is 0 Å². The molecule has 2 fully saturated rings. The van der Waals surface area contributed by atoms with Crippen molar-refractivity contribution in [2.75, 3.05) is 13.1 Å². The zero-order valence-corrected chi connectivity index (χ0v) is 17.1. The van der Waals surface area contributed by atoms with E-state index in [1.54, 1.807) is 12.2 Å². The largest absolute Gasteiger partial charge is 1.00 e. The Kier molecular flexibility index (Phi) is 7.49. The second kappa shape index (κ2) is 8.22. The number of carboxylic acids is 2. The summed E-state index contributed by atoms with van der Waals surface area (Å²) in [5, 5.41) is 20.7. The van der Waals surface area contributed by atoms with Crippen LogP contribution < -0.4 is 69.3 Å². The van der Waals surface area contributed by atoms with E-state index in [9.17, 15) is 19.8 Å². The third-order valence-corrected chi connectivity index (χ3v) is 4.49. The minimum atomic E-state index is -1.03. The molecule has 4 aliphatic heterocycles. The summed E-state index contributed by atoms with van der Waals surface area (Å²) in [5.74, 6) is -2.05. The van der Waals surface area contributed by atoms with Crippen molar-refractivity contribution in [1.29, 1.82) is 0 Å². The summed E-state index contributed by atoms with van der Waals surface area (Å²) >= 11 is 0. The Morgan fingerprint density at radius 2 is 1.23 bits per heavy atom. The molecule has 0 N–H and O–H groups in total. The first-order valence-corrected chi connectivity index (χ1v) is 6.94. The second-order valence-corrected chi connectivity index (χ2v) is 5.50. The van der Waals surface area contributed by atoms with E-state index in [4.69, 9.17) is 0 Å². The molecule has 0 aromatic heterocycles. The van der Waals surface area contributed by atoms with Crippen LogP contribution in [0, 0.1) is 0 Å². The van der Waals surface area contributed by atoms with E-state index in [1.165, 1.54) is 0 Å². The summed E-state index contributed by atoms with van der Waals surface area (Å²) < 4.78 is 0. The summed E-state index contributed by atoms with van der Waals surface area (Å²) in [6.45, 7) is 1.79. The summed E-state index contributed by atoms with van der Waals surface area (Å²) in [4.78, 5) is 24.5. The van der Waals surface area contributed by atoms with Gasteiger partial charge in [-0.05, 0) is 25.7 Å². The van der Waals surface area contributed by atoms with Crippen molar-refractivity contribution < 1.29 is 78.9 Å². The smallest absolute Gasteiger partial charge is 0.543 e. The Balaban J connectivity index is 0.000000202. The minimum Gasteiger partial charge on any atom is -0.543 e. The van der Waals surface area contributed by atoms with Crippen molar-refractivity contribution in [2.45, 2.75) is 37.8 Å². The van der Waals surface area contributed by atoms with Crippen LogP contribution in [0.4, 0.5) is 0 Å². The van der Waals surface area contributed by atoms with Gasteiger partial charge in [0.05, 0.1) is 23.3 Å². The molecule has 22 heavy (non-hydrogen) atoms. The van der Waals surface area contributed by atoms with Crippen molar-refractivity contribution >= 4 is 11.9 Å². The first-order valence-electron chi connectivity index (χ1n) is 6.94. The minimum absolute atomic E-state index is 0. The van der Waals surface area contributed by atoms with E-state index in [1.807, 2.05) is 9.80 Å². The van der Waals surface area contributed by atoms with Crippen molar-refractivity contribution in [3.63, 3.8) is 0 Å². The topological polar surface area (TPSA) is 86.7 Å². The number of fused-ring (bicyclic) bond motifs is 2. The molecule has 6 nitrogen and oxygen atoms in total. The van der Waals surface area contributed by atoms with E-state index >= 15 is 0 Å². The summed E-state index contributed by atoms with van der Waals surface area (Å²) in [6.07, 6.45) is 7.56. The predicted molar refractivity (Wildman–Crippen MR) is 65.6 cm³/mol. The molecule has 0 aromatic carbocycles. The first kappa shape index (κ1) is 20.1. The third kappa shape index (κ3) is 3.74. The zero-order chi connectivity index (χ0) is 14.3. The molecule has 4 heterocycles. The van der Waals surface area contributed by atoms with Gasteiger partial charge in [-0.2, -0.15) is 0 Å². The quantitative estimate of drug-likeness (QED) is 0.470. The predicted octanol–water partition coefficient (Wildman–Crippen LogP) is -7.80. The van der Waals surface area contributed by atoms with Crippen LogP contribution in [0.5, 0.6) is 0 Å². The maximum atomic E-state index is 10.4. The second-order valence-electron chi connectivity index (χ2n) is 5.50. The molecule has 0 bridgehead atoms. The van der Waals surface area contributed by atoms with Gasteiger partial charge in [-0.25, -0.2) is 0 Å². The van der Waals surface area contributed by atoms with Gasteiger partial charge in [0.1, 0.15) is 0 Å². The Morgan fingerprint density at radius 1 is 0.864 bits per heavy atom. The molecule has 2 saturated heterocycles. The van der Waals surface area contributed by atoms with Gasteiger partial charge in [-0.15, -0.1) is 0 Å². The third-order valence-electron chi connectivity index (χ3n) is 4.49. The molecule has 0 radical (unpaired) electrons. The molecule has 0 spiro atoms. The zero-order valence-electron chi connectivity index (χ0n) is 13.1. The van der Waals surface area contributed by atoms with E-state index in [0.717, 1.165) is 38.8 Å². The standard InChI is InChI=1S/2C7H9NO2.2Na/c2*9-7(10)6-2-1-5-3-4-8(5)6;;/h2*2,5H,1,3-4H2,(H,9,10);;/q;;2*+1/p-2. The summed E-state index contributed by atoms with van der Waals surface area (Å²) in [7, 11) is 0. The summed E-state index contributed by atoms with van der Waals surface area (Å²) in [5.41, 5.74) is 0.799. The molecule has 0 saturated carbocycles. The molecule has 2 unspecified atom stereocenters. The van der Waals surface area contributed by atoms with Crippen LogP contribution in [-0.4, -0.2) is 46.9 Å². The Bertz CT molecular complexity index is 475. The maximum absolute atomic E-state index is 10.4. The van der Waals surface area contributed by atoms with Crippen LogP contribution in [0.2, 0.25) is 0 Å². The van der Waals surface area contributed by atoms with Crippen molar-refractivity contribution in [2.24, 2.45) is 0 Å². The molecule has 4 rings (SSSR count). The van der Waals surface area contributed by atoms with Gasteiger partial charge >= 0.3 is 59.1 Å². The SMILES string of the molecule is O=C([O-])C1=CCC2CCN12.O=C([O-])C1=CCC2CCN12.[Na+].[Na+]. The number of carbonyl (C=O) groups excluding carboxylic acids is 2. The Labute approximate surface area is 173 Å². The molecule has 2 atom stereocenters. The Hall–Kier alpha value is 0.0200. The van der Waals surface area contributed by atoms with Gasteiger partial charge in [-0.1, -0.05) is 12.2 Å². The molecule has 108 valence electrons. The van der Waals surface area contributed by atoms with Crippen molar-refractivity contribution in [1.82, 2.24) is 9.80 Å². The van der Waals surface area contributed by atoms with Crippen molar-refractivity contribution in [3.05, 3.63) is 23.5 Å². The van der Waals surface area contributed by atoms with E-state index in [2.05, 4.69) is 0 Å². The molecule has 8 heteroatoms. The average molecular weight is 322 g/mol. The van der Waals surface area contributed by atoms with Gasteiger partial charge in [0, 0.05) is 25.2 Å². The molecule has 4 aliphatic rings. The molecule has 0 aliphatic carbocycles. The number of hydrogen-bond donors (Lipinski definition) is 0. The summed E-state index contributed by atoms with van der Waals surface area (Å²) in [6, 6.07) is 0.959. The van der Waals surface area contributed by atoms with Crippen LogP contribution in [0.15, 0.2) is 23.5 Å². The fourth-order valence-corrected chi connectivity index (χ4v) is 3.14. The first-order chi connectivity index (χ1) is 9.58. The molecular weight excluding hydrogens is 306 g/mol. The van der Waals surface area contributed by atoms with E-state index < -0.39 is 11.9 Å². The number of carbonyl (C=O) groups is 2. The van der Waals surface area contributed by atoms with E-state index in [0.29, 0.717) is 23.5 Å². The van der Waals surface area contributed by atoms with Gasteiger partial charge in [0.2, 0.25) is 0 Å².